The van der Waals surface area contributed by atoms with E-state index in [4.69, 9.17) is 21.2 Å². The van der Waals surface area contributed by atoms with Gasteiger partial charge in [0.1, 0.15) is 5.58 Å². The van der Waals surface area contributed by atoms with Crippen molar-refractivity contribution >= 4 is 44.2 Å². The highest BCUT2D eigenvalue weighted by molar-refractivity contribution is 7.89. The molecule has 3 N–H and O–H groups in total. The molecular formula is C16H11ClN2O5S. The third-order valence-electron chi connectivity index (χ3n) is 3.33. The molecule has 0 atom stereocenters. The third-order valence-corrected chi connectivity index (χ3v) is 4.48. The van der Waals surface area contributed by atoms with Crippen LogP contribution in [0.25, 0.3) is 11.0 Å². The van der Waals surface area contributed by atoms with E-state index >= 15 is 0 Å². The Bertz CT molecular complexity index is 1150. The number of carbonyl (C=O) groups is 1. The number of anilines is 1. The van der Waals surface area contributed by atoms with E-state index in [1.165, 1.54) is 42.5 Å². The fourth-order valence-electron chi connectivity index (χ4n) is 2.18. The monoisotopic (exact) mass is 378 g/mol. The topological polar surface area (TPSA) is 119 Å². The van der Waals surface area contributed by atoms with Crippen LogP contribution in [0.3, 0.4) is 0 Å². The van der Waals surface area contributed by atoms with E-state index in [-0.39, 0.29) is 27.3 Å². The van der Waals surface area contributed by atoms with Crippen molar-refractivity contribution in [2.75, 3.05) is 5.32 Å². The molecule has 0 bridgehead atoms. The Morgan fingerprint density at radius 1 is 1.12 bits per heavy atom. The summed E-state index contributed by atoms with van der Waals surface area (Å²) in [5.74, 6) is -0.929. The van der Waals surface area contributed by atoms with E-state index in [0.717, 1.165) is 6.07 Å². The average Bonchev–Trinajstić information content (AvgIpc) is 2.55. The van der Waals surface area contributed by atoms with Crippen LogP contribution in [0.4, 0.5) is 5.69 Å². The lowest BCUT2D eigenvalue weighted by Crippen LogP contribution is -2.16. The van der Waals surface area contributed by atoms with Crippen molar-refractivity contribution in [3.8, 4) is 0 Å². The van der Waals surface area contributed by atoms with Crippen LogP contribution < -0.4 is 15.9 Å². The van der Waals surface area contributed by atoms with E-state index in [1.807, 2.05) is 0 Å². The number of sulfonamides is 1. The Kier molecular flexibility index (Phi) is 4.34. The van der Waals surface area contributed by atoms with Crippen LogP contribution in [0, 0.1) is 0 Å². The number of primary sulfonamides is 1. The maximum atomic E-state index is 12.3. The number of rotatable bonds is 3. The summed E-state index contributed by atoms with van der Waals surface area (Å²) >= 11 is 5.83. The predicted octanol–water partition coefficient (Wildman–Crippen LogP) is 2.35. The standard InChI is InChI=1S/C16H11ClN2O5S/c17-9-4-5-14-12(6-9)13(20)8-15(24-14)16(21)19-10-2-1-3-11(7-10)25(18,22)23/h1-8H,(H,19,21)(H2,18,22,23). The summed E-state index contributed by atoms with van der Waals surface area (Å²) in [5.41, 5.74) is -0.0251. The molecule has 25 heavy (non-hydrogen) atoms. The van der Waals surface area contributed by atoms with Gasteiger partial charge in [0.05, 0.1) is 10.3 Å². The van der Waals surface area contributed by atoms with Crippen molar-refractivity contribution in [2.45, 2.75) is 4.90 Å². The number of amides is 1. The summed E-state index contributed by atoms with van der Waals surface area (Å²) in [4.78, 5) is 24.2. The fourth-order valence-corrected chi connectivity index (χ4v) is 2.92. The molecule has 7 nitrogen and oxygen atoms in total. The van der Waals surface area contributed by atoms with Gasteiger partial charge in [-0.05, 0) is 36.4 Å². The number of hydrogen-bond acceptors (Lipinski definition) is 5. The van der Waals surface area contributed by atoms with Crippen molar-refractivity contribution in [2.24, 2.45) is 5.14 Å². The van der Waals surface area contributed by atoms with Gasteiger partial charge >= 0.3 is 0 Å². The molecule has 0 aliphatic heterocycles. The Labute approximate surface area is 147 Å². The molecule has 3 rings (SSSR count). The Morgan fingerprint density at radius 3 is 2.60 bits per heavy atom. The third kappa shape index (κ3) is 3.71. The summed E-state index contributed by atoms with van der Waals surface area (Å²) in [6.07, 6.45) is 0. The molecule has 0 fully saturated rings. The van der Waals surface area contributed by atoms with Gasteiger partial charge in [-0.25, -0.2) is 13.6 Å². The molecule has 1 aromatic heterocycles. The molecule has 0 saturated carbocycles. The van der Waals surface area contributed by atoms with Crippen molar-refractivity contribution in [1.29, 1.82) is 0 Å². The molecule has 0 unspecified atom stereocenters. The van der Waals surface area contributed by atoms with Gasteiger partial charge in [-0.3, -0.25) is 9.59 Å². The first-order chi connectivity index (χ1) is 11.7. The molecule has 1 heterocycles. The molecular weight excluding hydrogens is 368 g/mol. The largest absolute Gasteiger partial charge is 0.451 e. The van der Waals surface area contributed by atoms with Gasteiger partial charge in [0.15, 0.2) is 11.2 Å². The zero-order valence-corrected chi connectivity index (χ0v) is 14.1. The Hall–Kier alpha value is -2.68. The first-order valence-electron chi connectivity index (χ1n) is 6.92. The lowest BCUT2D eigenvalue weighted by atomic mass is 10.2. The molecule has 3 aromatic rings. The quantitative estimate of drug-likeness (QED) is 0.724. The maximum absolute atomic E-state index is 12.3. The SMILES string of the molecule is NS(=O)(=O)c1cccc(NC(=O)c2cc(=O)c3cc(Cl)ccc3o2)c1. The Balaban J connectivity index is 1.96. The normalized spacial score (nSPS) is 11.4. The van der Waals surface area contributed by atoms with Gasteiger partial charge < -0.3 is 9.73 Å². The van der Waals surface area contributed by atoms with Gasteiger partial charge in [0, 0.05) is 16.8 Å². The first-order valence-corrected chi connectivity index (χ1v) is 8.84. The zero-order chi connectivity index (χ0) is 18.2. The number of hydrogen-bond donors (Lipinski definition) is 2. The maximum Gasteiger partial charge on any atom is 0.291 e. The van der Waals surface area contributed by atoms with Crippen LogP contribution in [-0.2, 0) is 10.0 Å². The second kappa shape index (κ2) is 6.32. The molecule has 0 aliphatic carbocycles. The van der Waals surface area contributed by atoms with Crippen molar-refractivity contribution in [3.05, 3.63) is 69.5 Å². The predicted molar refractivity (Wildman–Crippen MR) is 93.3 cm³/mol. The van der Waals surface area contributed by atoms with Crippen LogP contribution in [-0.4, -0.2) is 14.3 Å². The molecule has 0 spiro atoms. The minimum Gasteiger partial charge on any atom is -0.451 e. The smallest absolute Gasteiger partial charge is 0.291 e. The van der Waals surface area contributed by atoms with Crippen LogP contribution in [0.1, 0.15) is 10.6 Å². The van der Waals surface area contributed by atoms with Crippen LogP contribution in [0.2, 0.25) is 5.02 Å². The average molecular weight is 379 g/mol. The number of nitrogens with one attached hydrogen (secondary N) is 1. The number of carbonyl (C=O) groups excluding carboxylic acids is 1. The van der Waals surface area contributed by atoms with E-state index in [2.05, 4.69) is 5.32 Å². The summed E-state index contributed by atoms with van der Waals surface area (Å²) in [6.45, 7) is 0. The van der Waals surface area contributed by atoms with E-state index < -0.39 is 21.4 Å². The minimum atomic E-state index is -3.90. The summed E-state index contributed by atoms with van der Waals surface area (Å²) < 4.78 is 28.1. The number of fused-ring (bicyclic) bond motifs is 1. The highest BCUT2D eigenvalue weighted by atomic mass is 35.5. The highest BCUT2D eigenvalue weighted by Crippen LogP contribution is 2.19. The Morgan fingerprint density at radius 2 is 1.88 bits per heavy atom. The summed E-state index contributed by atoms with van der Waals surface area (Å²) in [6, 6.07) is 10.9. The van der Waals surface area contributed by atoms with Gasteiger partial charge in [-0.15, -0.1) is 0 Å². The molecule has 0 radical (unpaired) electrons. The van der Waals surface area contributed by atoms with Crippen LogP contribution in [0.5, 0.6) is 0 Å². The molecule has 128 valence electrons. The number of halogens is 1. The summed E-state index contributed by atoms with van der Waals surface area (Å²) in [7, 11) is -3.90. The lowest BCUT2D eigenvalue weighted by Gasteiger charge is -2.07. The van der Waals surface area contributed by atoms with E-state index in [0.29, 0.717) is 5.02 Å². The minimum absolute atomic E-state index is 0.153. The highest BCUT2D eigenvalue weighted by Gasteiger charge is 2.14. The zero-order valence-electron chi connectivity index (χ0n) is 12.5. The number of nitrogens with two attached hydrogens (primary N) is 1. The lowest BCUT2D eigenvalue weighted by molar-refractivity contribution is 0.0997. The van der Waals surface area contributed by atoms with E-state index in [9.17, 15) is 18.0 Å². The first kappa shape index (κ1) is 17.2. The van der Waals surface area contributed by atoms with Gasteiger partial charge in [-0.2, -0.15) is 0 Å². The molecule has 0 aliphatic rings. The van der Waals surface area contributed by atoms with Gasteiger partial charge in [0.2, 0.25) is 10.0 Å². The molecule has 0 saturated heterocycles. The van der Waals surface area contributed by atoms with Crippen molar-refractivity contribution < 1.29 is 17.6 Å². The van der Waals surface area contributed by atoms with Crippen molar-refractivity contribution in [3.63, 3.8) is 0 Å². The molecule has 2 aromatic carbocycles. The van der Waals surface area contributed by atoms with Crippen LogP contribution >= 0.6 is 11.6 Å². The molecule has 9 heteroatoms. The second-order valence-corrected chi connectivity index (χ2v) is 7.14. The van der Waals surface area contributed by atoms with Crippen LogP contribution in [0.15, 0.2) is 62.6 Å². The molecule has 1 amide bonds. The van der Waals surface area contributed by atoms with Gasteiger partial charge in [0.25, 0.3) is 5.91 Å². The van der Waals surface area contributed by atoms with Gasteiger partial charge in [-0.1, -0.05) is 17.7 Å². The summed E-state index contributed by atoms with van der Waals surface area (Å²) in [5, 5.41) is 8.13. The van der Waals surface area contributed by atoms with Crippen molar-refractivity contribution in [1.82, 2.24) is 0 Å². The van der Waals surface area contributed by atoms with E-state index in [1.54, 1.807) is 0 Å². The fraction of sp³-hybridized carbons (Fsp3) is 0. The second-order valence-electron chi connectivity index (χ2n) is 5.14. The number of benzene rings is 2.